The van der Waals surface area contributed by atoms with Crippen LogP contribution in [-0.2, 0) is 17.4 Å². The summed E-state index contributed by atoms with van der Waals surface area (Å²) in [5.41, 5.74) is -19.4. The van der Waals surface area contributed by atoms with Crippen molar-refractivity contribution >= 4 is 22.9 Å². The zero-order chi connectivity index (χ0) is 29.2. The highest BCUT2D eigenvalue weighted by Crippen LogP contribution is 2.50. The van der Waals surface area contributed by atoms with Gasteiger partial charge in [0.15, 0.2) is 0 Å². The number of allylic oxidation sites excluding steroid dienone is 1. The molecule has 0 fully saturated rings. The van der Waals surface area contributed by atoms with Crippen molar-refractivity contribution in [2.24, 2.45) is 4.99 Å². The molecular weight excluding hydrogens is 566 g/mol. The number of alkyl halides is 16. The number of rotatable bonds is 3. The summed E-state index contributed by atoms with van der Waals surface area (Å²) in [4.78, 5) is 14.0. The maximum absolute atomic E-state index is 14.1. The highest BCUT2D eigenvalue weighted by molar-refractivity contribution is 6.08. The number of aliphatic imine (C=N–C) groups is 1. The fraction of sp³-hybridized carbons (Fsp3) is 0.444. The zero-order valence-electron chi connectivity index (χ0n) is 16.9. The Bertz CT molecular complexity index is 1110. The van der Waals surface area contributed by atoms with Crippen molar-refractivity contribution in [3.8, 4) is 0 Å². The highest BCUT2D eigenvalue weighted by Gasteiger charge is 2.77. The molecule has 0 radical (unpaired) electrons. The molecule has 3 nitrogen and oxygen atoms in total. The molecule has 37 heavy (non-hydrogen) atoms. The van der Waals surface area contributed by atoms with Crippen molar-refractivity contribution in [1.29, 1.82) is 0 Å². The normalized spacial score (nSPS) is 16.0. The smallest absolute Gasteiger partial charge is 0.439 e. The molecular formula is C18H6F16NO2-. The number of fused-ring (bicyclic) bond motifs is 1. The molecule has 0 unspecified atom stereocenters. The standard InChI is InChI=1S/C18H7F16NO2/c19-13(17(29,30)31,18(32,33)34)11(37)7-2-1-6-8(10(7)36)3-5(14(20,21)22)4-9(6)35-12(15(23,24)25)16(26,27)28/h3-4,36H,1-2H2/p-1. The van der Waals surface area contributed by atoms with Crippen molar-refractivity contribution in [3.63, 3.8) is 0 Å². The van der Waals surface area contributed by atoms with Gasteiger partial charge in [-0.05, 0) is 41.7 Å². The average Bonchev–Trinajstić information content (AvgIpc) is 2.66. The first-order valence-corrected chi connectivity index (χ1v) is 8.99. The molecule has 0 aliphatic heterocycles. The van der Waals surface area contributed by atoms with Gasteiger partial charge in [-0.15, -0.1) is 0 Å². The Labute approximate surface area is 193 Å². The third kappa shape index (κ3) is 5.48. The first kappa shape index (κ1) is 30.2. The largest absolute Gasteiger partial charge is 0.872 e. The molecule has 0 saturated carbocycles. The number of Topliss-reactive ketones (excluding diaryl/α,β-unsaturated/α-hetero) is 1. The number of halogens is 16. The van der Waals surface area contributed by atoms with Gasteiger partial charge in [-0.3, -0.25) is 4.79 Å². The van der Waals surface area contributed by atoms with Crippen molar-refractivity contribution in [1.82, 2.24) is 0 Å². The molecule has 0 aromatic heterocycles. The number of carbonyl (C=O) groups is 1. The summed E-state index contributed by atoms with van der Waals surface area (Å²) in [6, 6.07) is -0.730. The second-order valence-electron chi connectivity index (χ2n) is 7.27. The van der Waals surface area contributed by atoms with Gasteiger partial charge in [0.05, 0.1) is 11.3 Å². The van der Waals surface area contributed by atoms with Crippen molar-refractivity contribution in [2.45, 2.75) is 49.4 Å². The molecule has 1 aromatic rings. The van der Waals surface area contributed by atoms with E-state index in [4.69, 9.17) is 0 Å². The Hall–Kier alpha value is -3.02. The quantitative estimate of drug-likeness (QED) is 0.315. The molecule has 0 N–H and O–H groups in total. The maximum Gasteiger partial charge on any atom is 0.439 e. The maximum atomic E-state index is 14.1. The summed E-state index contributed by atoms with van der Waals surface area (Å²) >= 11 is 0. The predicted molar refractivity (Wildman–Crippen MR) is 86.8 cm³/mol. The van der Waals surface area contributed by atoms with E-state index < -0.39 is 94.6 Å². The molecule has 1 aromatic carbocycles. The molecule has 0 bridgehead atoms. The van der Waals surface area contributed by atoms with Crippen LogP contribution in [0.1, 0.15) is 23.1 Å². The summed E-state index contributed by atoms with van der Waals surface area (Å²) in [5, 5.41) is 12.5. The second kappa shape index (κ2) is 8.78. The summed E-state index contributed by atoms with van der Waals surface area (Å²) < 4.78 is 208. The third-order valence-corrected chi connectivity index (χ3v) is 4.83. The molecule has 0 heterocycles. The SMILES string of the molecule is O=C(C1=C([O-])c2cc(C(F)(F)F)cc(N=C(C(F)(F)F)C(F)(F)F)c2CC1)C(F)(C(F)(F)F)C(F)(F)F. The van der Waals surface area contributed by atoms with Crippen LogP contribution in [0.2, 0.25) is 0 Å². The number of benzene rings is 1. The molecule has 19 heteroatoms. The van der Waals surface area contributed by atoms with Crippen molar-refractivity contribution in [3.05, 3.63) is 34.4 Å². The predicted octanol–water partition coefficient (Wildman–Crippen LogP) is 6.32. The molecule has 0 spiro atoms. The van der Waals surface area contributed by atoms with E-state index in [1.807, 2.05) is 0 Å². The highest BCUT2D eigenvalue weighted by atomic mass is 19.4. The van der Waals surface area contributed by atoms with E-state index in [0.29, 0.717) is 0 Å². The van der Waals surface area contributed by atoms with E-state index >= 15 is 0 Å². The van der Waals surface area contributed by atoms with Crippen LogP contribution in [0.5, 0.6) is 0 Å². The van der Waals surface area contributed by atoms with Crippen LogP contribution in [0, 0.1) is 0 Å². The van der Waals surface area contributed by atoms with Crippen molar-refractivity contribution < 1.29 is 80.1 Å². The van der Waals surface area contributed by atoms with Crippen LogP contribution in [0.3, 0.4) is 0 Å². The number of nitrogens with zero attached hydrogens (tertiary/aromatic N) is 1. The summed E-state index contributed by atoms with van der Waals surface area (Å²) in [7, 11) is 0. The van der Waals surface area contributed by atoms with E-state index in [0.717, 1.165) is 0 Å². The lowest BCUT2D eigenvalue weighted by molar-refractivity contribution is -0.324. The molecule has 0 saturated heterocycles. The van der Waals surface area contributed by atoms with Gasteiger partial charge in [0, 0.05) is 0 Å². The Kier molecular flexibility index (Phi) is 7.17. The third-order valence-electron chi connectivity index (χ3n) is 4.83. The topological polar surface area (TPSA) is 52.5 Å². The Morgan fingerprint density at radius 3 is 1.57 bits per heavy atom. The Morgan fingerprint density at radius 2 is 1.19 bits per heavy atom. The molecule has 0 amide bonds. The lowest BCUT2D eigenvalue weighted by Gasteiger charge is -2.34. The minimum atomic E-state index is -7.02. The van der Waals surface area contributed by atoms with Gasteiger partial charge in [-0.1, -0.05) is 5.76 Å². The monoisotopic (exact) mass is 572 g/mol. The molecule has 1 aliphatic carbocycles. The number of ketones is 1. The fourth-order valence-corrected chi connectivity index (χ4v) is 3.16. The summed E-state index contributed by atoms with van der Waals surface area (Å²) in [6.45, 7) is 0. The van der Waals surface area contributed by atoms with Gasteiger partial charge in [0.2, 0.25) is 11.5 Å². The minimum Gasteiger partial charge on any atom is -0.872 e. The van der Waals surface area contributed by atoms with Gasteiger partial charge in [0.1, 0.15) is 0 Å². The Morgan fingerprint density at radius 1 is 0.730 bits per heavy atom. The first-order chi connectivity index (χ1) is 16.2. The van der Waals surface area contributed by atoms with E-state index in [1.165, 1.54) is 0 Å². The van der Waals surface area contributed by atoms with E-state index in [1.54, 1.807) is 0 Å². The van der Waals surface area contributed by atoms with Gasteiger partial charge < -0.3 is 5.11 Å². The van der Waals surface area contributed by atoms with Crippen molar-refractivity contribution in [2.75, 3.05) is 0 Å². The average molecular weight is 572 g/mol. The molecule has 1 aliphatic rings. The summed E-state index contributed by atoms with van der Waals surface area (Å²) in [5.74, 6) is -5.97. The molecule has 208 valence electrons. The minimum absolute atomic E-state index is 0.342. The van der Waals surface area contributed by atoms with E-state index in [2.05, 4.69) is 4.99 Å². The summed E-state index contributed by atoms with van der Waals surface area (Å²) in [6.07, 6.45) is -35.3. The fourth-order valence-electron chi connectivity index (χ4n) is 3.16. The first-order valence-electron chi connectivity index (χ1n) is 8.99. The van der Waals surface area contributed by atoms with Crippen LogP contribution in [0.15, 0.2) is 22.7 Å². The van der Waals surface area contributed by atoms with Crippen LogP contribution >= 0.6 is 0 Å². The van der Waals surface area contributed by atoms with Crippen LogP contribution < -0.4 is 5.11 Å². The Balaban J connectivity index is 2.93. The van der Waals surface area contributed by atoms with E-state index in [9.17, 15) is 80.1 Å². The lowest BCUT2D eigenvalue weighted by atomic mass is 9.82. The van der Waals surface area contributed by atoms with Crippen LogP contribution in [0.25, 0.3) is 5.76 Å². The second-order valence-corrected chi connectivity index (χ2v) is 7.27. The lowest BCUT2D eigenvalue weighted by Crippen LogP contribution is -2.59. The van der Waals surface area contributed by atoms with Gasteiger partial charge >= 0.3 is 36.6 Å². The number of hydrogen-bond acceptors (Lipinski definition) is 3. The molecule has 0 atom stereocenters. The van der Waals surface area contributed by atoms with Gasteiger partial charge in [-0.2, -0.15) is 65.9 Å². The number of hydrogen-bond donors (Lipinski definition) is 0. The van der Waals surface area contributed by atoms with Crippen LogP contribution in [0.4, 0.5) is 75.9 Å². The molecule has 2 rings (SSSR count). The van der Waals surface area contributed by atoms with Gasteiger partial charge in [0.25, 0.3) is 0 Å². The zero-order valence-corrected chi connectivity index (χ0v) is 16.9. The van der Waals surface area contributed by atoms with E-state index in [-0.39, 0.29) is 12.1 Å². The van der Waals surface area contributed by atoms with Crippen LogP contribution in [-0.4, -0.2) is 41.9 Å². The number of carbonyl (C=O) groups excluding carboxylic acids is 1. The van der Waals surface area contributed by atoms with Gasteiger partial charge in [-0.25, -0.2) is 9.38 Å².